The molecule has 0 radical (unpaired) electrons. The monoisotopic (exact) mass is 324 g/mol. The van der Waals surface area contributed by atoms with Gasteiger partial charge in [0.25, 0.3) is 5.91 Å². The molecule has 1 aliphatic heterocycles. The summed E-state index contributed by atoms with van der Waals surface area (Å²) in [6.07, 6.45) is 2.50. The minimum absolute atomic E-state index is 0.00771. The minimum Gasteiger partial charge on any atom is -0.367 e. The summed E-state index contributed by atoms with van der Waals surface area (Å²) in [5.41, 5.74) is 8.93. The maximum atomic E-state index is 12.6. The molecule has 3 rings (SSSR count). The van der Waals surface area contributed by atoms with Gasteiger partial charge in [0.15, 0.2) is 0 Å². The number of piperidine rings is 1. The lowest BCUT2D eigenvalue weighted by molar-refractivity contribution is 0.0711. The van der Waals surface area contributed by atoms with Crippen molar-refractivity contribution in [2.75, 3.05) is 18.8 Å². The Morgan fingerprint density at radius 2 is 2.04 bits per heavy atom. The van der Waals surface area contributed by atoms with E-state index in [1.165, 1.54) is 0 Å². The molecule has 1 saturated heterocycles. The fourth-order valence-corrected chi connectivity index (χ4v) is 3.24. The van der Waals surface area contributed by atoms with Gasteiger partial charge >= 0.3 is 0 Å². The standard InChI is InChI=1S/C18H20N4O2/c1-2-15-16(21-24-17(15)20)13-7-9-22(10-8-13)18(23)14-5-3-12(11-19)4-6-14/h3-6,13H,2,7-10,20H2,1H3. The van der Waals surface area contributed by atoms with Crippen LogP contribution in [-0.2, 0) is 6.42 Å². The molecule has 1 amide bonds. The fourth-order valence-electron chi connectivity index (χ4n) is 3.24. The highest BCUT2D eigenvalue weighted by molar-refractivity contribution is 5.94. The molecule has 0 saturated carbocycles. The van der Waals surface area contributed by atoms with Gasteiger partial charge in [0.2, 0.25) is 5.88 Å². The van der Waals surface area contributed by atoms with E-state index in [2.05, 4.69) is 11.2 Å². The Morgan fingerprint density at radius 1 is 1.38 bits per heavy atom. The van der Waals surface area contributed by atoms with E-state index >= 15 is 0 Å². The van der Waals surface area contributed by atoms with E-state index in [1.807, 2.05) is 11.8 Å². The number of carbonyl (C=O) groups is 1. The summed E-state index contributed by atoms with van der Waals surface area (Å²) in [6.45, 7) is 3.40. The van der Waals surface area contributed by atoms with E-state index in [0.29, 0.717) is 30.1 Å². The molecule has 0 aliphatic carbocycles. The highest BCUT2D eigenvalue weighted by Crippen LogP contribution is 2.32. The fraction of sp³-hybridized carbons (Fsp3) is 0.389. The second kappa shape index (κ2) is 6.75. The molecule has 1 aliphatic rings. The van der Waals surface area contributed by atoms with Crippen LogP contribution < -0.4 is 5.73 Å². The Labute approximate surface area is 140 Å². The third kappa shape index (κ3) is 2.98. The van der Waals surface area contributed by atoms with Crippen LogP contribution in [-0.4, -0.2) is 29.1 Å². The molecule has 2 N–H and O–H groups in total. The van der Waals surface area contributed by atoms with Crippen molar-refractivity contribution in [3.63, 3.8) is 0 Å². The quantitative estimate of drug-likeness (QED) is 0.936. The second-order valence-corrected chi connectivity index (χ2v) is 6.02. The molecule has 1 aromatic heterocycles. The van der Waals surface area contributed by atoms with Crippen molar-refractivity contribution in [3.05, 3.63) is 46.6 Å². The normalized spacial score (nSPS) is 15.2. The number of hydrogen-bond acceptors (Lipinski definition) is 5. The third-order valence-corrected chi connectivity index (χ3v) is 4.63. The first-order chi connectivity index (χ1) is 11.6. The van der Waals surface area contributed by atoms with E-state index < -0.39 is 0 Å². The van der Waals surface area contributed by atoms with Crippen LogP contribution in [0.2, 0.25) is 0 Å². The molecule has 0 unspecified atom stereocenters. The lowest BCUT2D eigenvalue weighted by Crippen LogP contribution is -2.38. The molecule has 0 spiro atoms. The highest BCUT2D eigenvalue weighted by atomic mass is 16.5. The molecule has 2 heterocycles. The first kappa shape index (κ1) is 16.1. The molecular formula is C18H20N4O2. The van der Waals surface area contributed by atoms with Crippen LogP contribution in [0.15, 0.2) is 28.8 Å². The number of anilines is 1. The predicted molar refractivity (Wildman–Crippen MR) is 89.3 cm³/mol. The van der Waals surface area contributed by atoms with Gasteiger partial charge < -0.3 is 15.2 Å². The lowest BCUT2D eigenvalue weighted by atomic mass is 9.90. The Kier molecular flexibility index (Phi) is 4.52. The van der Waals surface area contributed by atoms with Gasteiger partial charge in [-0.2, -0.15) is 5.26 Å². The van der Waals surface area contributed by atoms with E-state index in [0.717, 1.165) is 30.5 Å². The molecule has 124 valence electrons. The van der Waals surface area contributed by atoms with Gasteiger partial charge in [-0.3, -0.25) is 4.79 Å². The van der Waals surface area contributed by atoms with Gasteiger partial charge in [0.1, 0.15) is 0 Å². The van der Waals surface area contributed by atoms with Crippen molar-refractivity contribution in [1.82, 2.24) is 10.1 Å². The molecule has 24 heavy (non-hydrogen) atoms. The molecular weight excluding hydrogens is 304 g/mol. The zero-order valence-electron chi connectivity index (χ0n) is 13.7. The number of nitriles is 1. The molecule has 2 aromatic rings. The van der Waals surface area contributed by atoms with Crippen molar-refractivity contribution >= 4 is 11.8 Å². The van der Waals surface area contributed by atoms with E-state index in [-0.39, 0.29) is 11.8 Å². The van der Waals surface area contributed by atoms with Crippen molar-refractivity contribution in [2.24, 2.45) is 0 Å². The van der Waals surface area contributed by atoms with Gasteiger partial charge in [-0.05, 0) is 43.5 Å². The zero-order chi connectivity index (χ0) is 17.1. The number of rotatable bonds is 3. The predicted octanol–water partition coefficient (Wildman–Crippen LogP) is 2.71. The largest absolute Gasteiger partial charge is 0.367 e. The smallest absolute Gasteiger partial charge is 0.253 e. The number of nitrogens with zero attached hydrogens (tertiary/aromatic N) is 3. The summed E-state index contributed by atoms with van der Waals surface area (Å²) in [7, 11) is 0. The Hall–Kier alpha value is -2.81. The van der Waals surface area contributed by atoms with Crippen molar-refractivity contribution in [3.8, 4) is 6.07 Å². The number of carbonyl (C=O) groups excluding carboxylic acids is 1. The lowest BCUT2D eigenvalue weighted by Gasteiger charge is -2.31. The van der Waals surface area contributed by atoms with Crippen LogP contribution in [0.25, 0.3) is 0 Å². The van der Waals surface area contributed by atoms with Crippen LogP contribution in [0, 0.1) is 11.3 Å². The summed E-state index contributed by atoms with van der Waals surface area (Å²) in [5.74, 6) is 0.697. The van der Waals surface area contributed by atoms with Gasteiger partial charge in [-0.25, -0.2) is 0 Å². The number of benzene rings is 1. The number of likely N-dealkylation sites (tertiary alicyclic amines) is 1. The van der Waals surface area contributed by atoms with Crippen molar-refractivity contribution in [2.45, 2.75) is 32.1 Å². The Morgan fingerprint density at radius 3 is 2.62 bits per heavy atom. The molecule has 6 heteroatoms. The number of nitrogen functional groups attached to an aromatic ring is 1. The minimum atomic E-state index is 0.00771. The van der Waals surface area contributed by atoms with Gasteiger partial charge in [0, 0.05) is 30.1 Å². The van der Waals surface area contributed by atoms with Crippen LogP contribution in [0.3, 0.4) is 0 Å². The second-order valence-electron chi connectivity index (χ2n) is 6.02. The Bertz CT molecular complexity index is 765. The van der Waals surface area contributed by atoms with Crippen LogP contribution in [0.1, 0.15) is 52.9 Å². The van der Waals surface area contributed by atoms with Gasteiger partial charge in [-0.1, -0.05) is 12.1 Å². The number of aromatic nitrogens is 1. The summed E-state index contributed by atoms with van der Waals surface area (Å²) < 4.78 is 5.13. The maximum Gasteiger partial charge on any atom is 0.253 e. The molecule has 0 atom stereocenters. The van der Waals surface area contributed by atoms with Crippen molar-refractivity contribution < 1.29 is 9.32 Å². The SMILES string of the molecule is CCc1c(C2CCN(C(=O)c3ccc(C#N)cc3)CC2)noc1N. The molecule has 1 fully saturated rings. The summed E-state index contributed by atoms with van der Waals surface area (Å²) in [4.78, 5) is 14.4. The average molecular weight is 324 g/mol. The van der Waals surface area contributed by atoms with Crippen molar-refractivity contribution in [1.29, 1.82) is 5.26 Å². The third-order valence-electron chi connectivity index (χ3n) is 4.63. The van der Waals surface area contributed by atoms with Gasteiger partial charge in [-0.15, -0.1) is 0 Å². The van der Waals surface area contributed by atoms with E-state index in [1.54, 1.807) is 24.3 Å². The van der Waals surface area contributed by atoms with Crippen LogP contribution in [0.5, 0.6) is 0 Å². The number of nitrogens with two attached hydrogens (primary N) is 1. The first-order valence-corrected chi connectivity index (χ1v) is 8.17. The molecule has 1 aromatic carbocycles. The first-order valence-electron chi connectivity index (χ1n) is 8.17. The maximum absolute atomic E-state index is 12.6. The van der Waals surface area contributed by atoms with E-state index in [4.69, 9.17) is 15.5 Å². The summed E-state index contributed by atoms with van der Waals surface area (Å²) in [6, 6.07) is 8.82. The average Bonchev–Trinajstić information content (AvgIpc) is 3.02. The number of hydrogen-bond donors (Lipinski definition) is 1. The highest BCUT2D eigenvalue weighted by Gasteiger charge is 2.28. The molecule has 6 nitrogen and oxygen atoms in total. The summed E-state index contributed by atoms with van der Waals surface area (Å²) in [5, 5.41) is 13.0. The van der Waals surface area contributed by atoms with Crippen LogP contribution >= 0.6 is 0 Å². The number of amides is 1. The van der Waals surface area contributed by atoms with Crippen LogP contribution in [0.4, 0.5) is 5.88 Å². The molecule has 0 bridgehead atoms. The zero-order valence-corrected chi connectivity index (χ0v) is 13.7. The Balaban J connectivity index is 1.66. The van der Waals surface area contributed by atoms with Gasteiger partial charge in [0.05, 0.1) is 17.3 Å². The topological polar surface area (TPSA) is 96.1 Å². The van der Waals surface area contributed by atoms with E-state index in [9.17, 15) is 4.79 Å². The summed E-state index contributed by atoms with van der Waals surface area (Å²) >= 11 is 0.